The number of halogens is 1. The number of anilines is 2. The van der Waals surface area contributed by atoms with Crippen molar-refractivity contribution < 1.29 is 4.74 Å². The van der Waals surface area contributed by atoms with Crippen LogP contribution in [0.2, 0.25) is 5.02 Å². The Morgan fingerprint density at radius 2 is 2.18 bits per heavy atom. The molecule has 0 radical (unpaired) electrons. The van der Waals surface area contributed by atoms with Gasteiger partial charge in [-0.3, -0.25) is 0 Å². The second-order valence-corrected chi connectivity index (χ2v) is 4.98. The molecule has 1 saturated carbocycles. The first-order chi connectivity index (χ1) is 8.13. The first kappa shape index (κ1) is 12.5. The summed E-state index contributed by atoms with van der Waals surface area (Å²) in [6, 6.07) is 4.56. The molecule has 0 heterocycles. The van der Waals surface area contributed by atoms with E-state index in [-0.39, 0.29) is 0 Å². The molecule has 1 aromatic carbocycles. The average Bonchev–Trinajstić information content (AvgIpc) is 3.10. The molecule has 0 aliphatic heterocycles. The molecule has 0 unspecified atom stereocenters. The minimum absolute atomic E-state index is 0.633. The summed E-state index contributed by atoms with van der Waals surface area (Å²) in [4.78, 5) is 2.38. The Balaban J connectivity index is 2.25. The van der Waals surface area contributed by atoms with E-state index in [1.165, 1.54) is 24.1 Å². The Morgan fingerprint density at radius 1 is 1.47 bits per heavy atom. The highest BCUT2D eigenvalue weighted by molar-refractivity contribution is 6.33. The summed E-state index contributed by atoms with van der Waals surface area (Å²) in [5, 5.41) is 0.633. The molecule has 4 heteroatoms. The van der Waals surface area contributed by atoms with Crippen molar-refractivity contribution in [3.05, 3.63) is 22.7 Å². The first-order valence-electron chi connectivity index (χ1n) is 5.94. The Bertz CT molecular complexity index is 405. The Morgan fingerprint density at radius 3 is 2.76 bits per heavy atom. The van der Waals surface area contributed by atoms with Crippen molar-refractivity contribution in [2.45, 2.75) is 25.8 Å². The number of hydrogen-bond donors (Lipinski definition) is 1. The van der Waals surface area contributed by atoms with Crippen LogP contribution in [0.1, 0.15) is 18.4 Å². The first-order valence-corrected chi connectivity index (χ1v) is 6.32. The Hall–Kier alpha value is -0.930. The molecule has 2 N–H and O–H groups in total. The van der Waals surface area contributed by atoms with Crippen LogP contribution >= 0.6 is 11.6 Å². The number of rotatable bonds is 5. The van der Waals surface area contributed by atoms with Crippen molar-refractivity contribution in [3.63, 3.8) is 0 Å². The molecular weight excluding hydrogens is 236 g/mol. The number of nitrogen functional groups attached to an aromatic ring is 1. The van der Waals surface area contributed by atoms with Gasteiger partial charge in [-0.15, -0.1) is 0 Å². The van der Waals surface area contributed by atoms with Crippen molar-refractivity contribution >= 4 is 23.0 Å². The van der Waals surface area contributed by atoms with Crippen LogP contribution in [0.3, 0.4) is 0 Å². The molecule has 0 atom stereocenters. The number of hydrogen-bond acceptors (Lipinski definition) is 3. The van der Waals surface area contributed by atoms with Crippen molar-refractivity contribution in [1.29, 1.82) is 0 Å². The fourth-order valence-electron chi connectivity index (χ4n) is 2.08. The van der Waals surface area contributed by atoms with E-state index in [0.717, 1.165) is 13.2 Å². The highest BCUT2D eigenvalue weighted by atomic mass is 35.5. The topological polar surface area (TPSA) is 38.5 Å². The molecule has 0 bridgehead atoms. The maximum atomic E-state index is 6.11. The van der Waals surface area contributed by atoms with Gasteiger partial charge < -0.3 is 15.4 Å². The molecule has 1 aliphatic rings. The summed E-state index contributed by atoms with van der Waals surface area (Å²) in [5.74, 6) is 0. The second-order valence-electron chi connectivity index (χ2n) is 4.58. The number of nitrogens with two attached hydrogens (primary N) is 1. The highest BCUT2D eigenvalue weighted by Crippen LogP contribution is 2.36. The third kappa shape index (κ3) is 2.85. The van der Waals surface area contributed by atoms with Gasteiger partial charge in [0.05, 0.1) is 17.3 Å². The van der Waals surface area contributed by atoms with Crippen molar-refractivity contribution in [1.82, 2.24) is 0 Å². The van der Waals surface area contributed by atoms with Crippen LogP contribution in [0.4, 0.5) is 11.4 Å². The lowest BCUT2D eigenvalue weighted by atomic mass is 10.1. The fraction of sp³-hybridized carbons (Fsp3) is 0.538. The van der Waals surface area contributed by atoms with Gasteiger partial charge in [0.2, 0.25) is 0 Å². The minimum atomic E-state index is 0.633. The molecule has 0 amide bonds. The van der Waals surface area contributed by atoms with E-state index in [2.05, 4.69) is 11.8 Å². The van der Waals surface area contributed by atoms with Gasteiger partial charge in [-0.2, -0.15) is 0 Å². The molecule has 94 valence electrons. The fourth-order valence-corrected chi connectivity index (χ4v) is 2.24. The number of aryl methyl sites for hydroxylation is 1. The number of nitrogens with zero attached hydrogens (tertiary/aromatic N) is 1. The third-order valence-corrected chi connectivity index (χ3v) is 3.48. The SMILES string of the molecule is COCCN(c1cc(Cl)c(N)cc1C)C1CC1. The molecule has 1 aliphatic carbocycles. The largest absolute Gasteiger partial charge is 0.398 e. The van der Waals surface area contributed by atoms with Gasteiger partial charge in [-0.05, 0) is 37.5 Å². The second kappa shape index (κ2) is 5.15. The van der Waals surface area contributed by atoms with Crippen molar-refractivity contribution in [2.24, 2.45) is 0 Å². The monoisotopic (exact) mass is 254 g/mol. The lowest BCUT2D eigenvalue weighted by molar-refractivity contribution is 0.205. The van der Waals surface area contributed by atoms with Crippen LogP contribution in [0.5, 0.6) is 0 Å². The van der Waals surface area contributed by atoms with Crippen LogP contribution in [0.25, 0.3) is 0 Å². The molecule has 0 spiro atoms. The van der Waals surface area contributed by atoms with Crippen molar-refractivity contribution in [3.8, 4) is 0 Å². The van der Waals surface area contributed by atoms with Crippen LogP contribution in [0, 0.1) is 6.92 Å². The van der Waals surface area contributed by atoms with E-state index < -0.39 is 0 Å². The summed E-state index contributed by atoms with van der Waals surface area (Å²) in [6.07, 6.45) is 2.51. The zero-order valence-corrected chi connectivity index (χ0v) is 11.1. The average molecular weight is 255 g/mol. The predicted octanol–water partition coefficient (Wildman–Crippen LogP) is 2.85. The van der Waals surface area contributed by atoms with Gasteiger partial charge >= 0.3 is 0 Å². The summed E-state index contributed by atoms with van der Waals surface area (Å²) < 4.78 is 5.17. The van der Waals surface area contributed by atoms with E-state index in [0.29, 0.717) is 16.8 Å². The van der Waals surface area contributed by atoms with Gasteiger partial charge in [0.25, 0.3) is 0 Å². The van der Waals surface area contributed by atoms with E-state index in [1.54, 1.807) is 7.11 Å². The molecule has 17 heavy (non-hydrogen) atoms. The standard InChI is InChI=1S/C13H19ClN2O/c1-9-7-12(15)11(14)8-13(9)16(5-6-17-2)10-3-4-10/h7-8,10H,3-6,15H2,1-2H3. The molecule has 2 rings (SSSR count). The third-order valence-electron chi connectivity index (χ3n) is 3.15. The summed E-state index contributed by atoms with van der Waals surface area (Å²) in [6.45, 7) is 3.71. The number of methoxy groups -OCH3 is 1. The van der Waals surface area contributed by atoms with Crippen LogP contribution < -0.4 is 10.6 Å². The van der Waals surface area contributed by atoms with Crippen molar-refractivity contribution in [2.75, 3.05) is 30.9 Å². The van der Waals surface area contributed by atoms with E-state index >= 15 is 0 Å². The summed E-state index contributed by atoms with van der Waals surface area (Å²) in [7, 11) is 1.73. The predicted molar refractivity (Wildman–Crippen MR) is 72.8 cm³/mol. The van der Waals surface area contributed by atoms with Gasteiger partial charge in [0.1, 0.15) is 0 Å². The lowest BCUT2D eigenvalue weighted by Crippen LogP contribution is -2.30. The number of benzene rings is 1. The molecular formula is C13H19ClN2O. The highest BCUT2D eigenvalue weighted by Gasteiger charge is 2.30. The molecule has 0 aromatic heterocycles. The lowest BCUT2D eigenvalue weighted by Gasteiger charge is -2.26. The Labute approximate surface area is 107 Å². The quantitative estimate of drug-likeness (QED) is 0.822. The van der Waals surface area contributed by atoms with Crippen LogP contribution in [0.15, 0.2) is 12.1 Å². The maximum absolute atomic E-state index is 6.11. The summed E-state index contributed by atoms with van der Waals surface area (Å²) in [5.41, 5.74) is 8.81. The van der Waals surface area contributed by atoms with Gasteiger partial charge in [0, 0.05) is 25.4 Å². The van der Waals surface area contributed by atoms with Gasteiger partial charge in [-0.1, -0.05) is 11.6 Å². The van der Waals surface area contributed by atoms with Gasteiger partial charge in [-0.25, -0.2) is 0 Å². The van der Waals surface area contributed by atoms with E-state index in [9.17, 15) is 0 Å². The summed E-state index contributed by atoms with van der Waals surface area (Å²) >= 11 is 6.11. The molecule has 1 fully saturated rings. The van der Waals surface area contributed by atoms with E-state index in [4.69, 9.17) is 22.1 Å². The zero-order chi connectivity index (χ0) is 12.4. The zero-order valence-electron chi connectivity index (χ0n) is 10.4. The molecule has 1 aromatic rings. The van der Waals surface area contributed by atoms with Gasteiger partial charge in [0.15, 0.2) is 0 Å². The normalized spacial score (nSPS) is 15.0. The van der Waals surface area contributed by atoms with Crippen LogP contribution in [-0.2, 0) is 4.74 Å². The Kier molecular flexibility index (Phi) is 3.79. The number of ether oxygens (including phenoxy) is 1. The van der Waals surface area contributed by atoms with Crippen LogP contribution in [-0.4, -0.2) is 26.3 Å². The molecule has 0 saturated heterocycles. The minimum Gasteiger partial charge on any atom is -0.398 e. The maximum Gasteiger partial charge on any atom is 0.0656 e. The smallest absolute Gasteiger partial charge is 0.0656 e. The molecule has 3 nitrogen and oxygen atoms in total. The van der Waals surface area contributed by atoms with E-state index in [1.807, 2.05) is 12.1 Å².